The van der Waals surface area contributed by atoms with Gasteiger partial charge >= 0.3 is 0 Å². The highest BCUT2D eigenvalue weighted by Gasteiger charge is 2.11. The summed E-state index contributed by atoms with van der Waals surface area (Å²) in [5.41, 5.74) is 2.98. The van der Waals surface area contributed by atoms with Crippen LogP contribution in [0, 0.1) is 0 Å². The van der Waals surface area contributed by atoms with Crippen LogP contribution in [-0.4, -0.2) is 14.5 Å². The van der Waals surface area contributed by atoms with Crippen LogP contribution >= 0.6 is 11.6 Å². The second kappa shape index (κ2) is 7.45. The Balaban J connectivity index is 1.60. The van der Waals surface area contributed by atoms with E-state index >= 15 is 0 Å². The maximum atomic E-state index is 6.18. The average molecular weight is 365 g/mol. The summed E-state index contributed by atoms with van der Waals surface area (Å²) in [4.78, 5) is 8.75. The zero-order valence-corrected chi connectivity index (χ0v) is 14.7. The summed E-state index contributed by atoms with van der Waals surface area (Å²) in [7, 11) is 0. The first-order valence-corrected chi connectivity index (χ1v) is 8.64. The van der Waals surface area contributed by atoms with Gasteiger partial charge in [-0.15, -0.1) is 0 Å². The largest absolute Gasteiger partial charge is 0.484 e. The molecule has 0 unspecified atom stereocenters. The zero-order chi connectivity index (χ0) is 17.8. The Bertz CT molecular complexity index is 1020. The summed E-state index contributed by atoms with van der Waals surface area (Å²) in [5.74, 6) is 1.47. The molecule has 130 valence electrons. The molecule has 2 aromatic heterocycles. The summed E-state index contributed by atoms with van der Waals surface area (Å²) in [6.07, 6.45) is 3.52. The molecule has 26 heavy (non-hydrogen) atoms. The van der Waals surface area contributed by atoms with Crippen molar-refractivity contribution in [2.45, 2.75) is 13.3 Å². The molecule has 0 aliphatic carbocycles. The first-order chi connectivity index (χ1) is 12.8. The van der Waals surface area contributed by atoms with Crippen molar-refractivity contribution in [3.8, 4) is 5.75 Å². The Morgan fingerprint density at radius 3 is 2.58 bits per heavy atom. The number of halogens is 1. The average Bonchev–Trinajstić information content (AvgIpc) is 3.04. The van der Waals surface area contributed by atoms with Crippen LogP contribution < -0.4 is 10.1 Å². The SMILES string of the molecule is Clc1ccccc1OCc1nc2ccccc2n1CNc1ccncc1. The standard InChI is InChI=1S/C20H17ClN4O/c21-16-5-1-4-8-19(16)26-13-20-24-17-6-2-3-7-18(17)25(20)14-23-15-9-11-22-12-10-15/h1-12H,13-14H2,(H,22,23). The van der Waals surface area contributed by atoms with Gasteiger partial charge in [0.2, 0.25) is 0 Å². The number of benzene rings is 2. The molecule has 0 saturated carbocycles. The van der Waals surface area contributed by atoms with Gasteiger partial charge < -0.3 is 14.6 Å². The summed E-state index contributed by atoms with van der Waals surface area (Å²) in [6.45, 7) is 0.905. The van der Waals surface area contributed by atoms with Gasteiger partial charge in [-0.2, -0.15) is 0 Å². The minimum atomic E-state index is 0.330. The van der Waals surface area contributed by atoms with Crippen molar-refractivity contribution in [1.29, 1.82) is 0 Å². The Morgan fingerprint density at radius 1 is 0.962 bits per heavy atom. The molecule has 0 amide bonds. The maximum absolute atomic E-state index is 6.18. The summed E-state index contributed by atoms with van der Waals surface area (Å²) in [5, 5.41) is 3.98. The number of rotatable bonds is 6. The van der Waals surface area contributed by atoms with E-state index in [1.807, 2.05) is 54.6 Å². The van der Waals surface area contributed by atoms with Crippen molar-refractivity contribution in [1.82, 2.24) is 14.5 Å². The lowest BCUT2D eigenvalue weighted by molar-refractivity contribution is 0.291. The molecule has 0 bridgehead atoms. The third kappa shape index (κ3) is 3.48. The quantitative estimate of drug-likeness (QED) is 0.537. The lowest BCUT2D eigenvalue weighted by atomic mass is 10.3. The molecule has 0 aliphatic heterocycles. The van der Waals surface area contributed by atoms with Crippen molar-refractivity contribution in [2.24, 2.45) is 0 Å². The second-order valence-electron chi connectivity index (χ2n) is 5.73. The minimum absolute atomic E-state index is 0.330. The van der Waals surface area contributed by atoms with Gasteiger partial charge in [0.15, 0.2) is 0 Å². The molecule has 0 saturated heterocycles. The molecule has 6 heteroatoms. The fourth-order valence-electron chi connectivity index (χ4n) is 2.76. The monoisotopic (exact) mass is 364 g/mol. The lowest BCUT2D eigenvalue weighted by Crippen LogP contribution is -2.13. The fourth-order valence-corrected chi connectivity index (χ4v) is 2.95. The van der Waals surface area contributed by atoms with Gasteiger partial charge in [0.05, 0.1) is 22.7 Å². The first-order valence-electron chi connectivity index (χ1n) is 8.26. The Labute approximate surface area is 156 Å². The number of nitrogens with one attached hydrogen (secondary N) is 1. The second-order valence-corrected chi connectivity index (χ2v) is 6.14. The highest BCUT2D eigenvalue weighted by atomic mass is 35.5. The zero-order valence-electron chi connectivity index (χ0n) is 14.0. The third-order valence-corrected chi connectivity index (χ3v) is 4.36. The van der Waals surface area contributed by atoms with E-state index in [0.717, 1.165) is 22.5 Å². The van der Waals surface area contributed by atoms with E-state index in [1.54, 1.807) is 12.4 Å². The van der Waals surface area contributed by atoms with Crippen LogP contribution in [0.2, 0.25) is 5.02 Å². The third-order valence-electron chi connectivity index (χ3n) is 4.05. The molecule has 0 aliphatic rings. The molecule has 0 spiro atoms. The number of fused-ring (bicyclic) bond motifs is 1. The van der Waals surface area contributed by atoms with Crippen LogP contribution in [0.3, 0.4) is 0 Å². The number of imidazole rings is 1. The van der Waals surface area contributed by atoms with Crippen LogP contribution in [0.1, 0.15) is 5.82 Å². The number of anilines is 1. The van der Waals surface area contributed by atoms with Crippen molar-refractivity contribution < 1.29 is 4.74 Å². The maximum Gasteiger partial charge on any atom is 0.149 e. The predicted octanol–water partition coefficient (Wildman–Crippen LogP) is 4.73. The van der Waals surface area contributed by atoms with Gasteiger partial charge in [-0.1, -0.05) is 35.9 Å². The Morgan fingerprint density at radius 2 is 1.73 bits per heavy atom. The van der Waals surface area contributed by atoms with E-state index in [9.17, 15) is 0 Å². The van der Waals surface area contributed by atoms with E-state index < -0.39 is 0 Å². The van der Waals surface area contributed by atoms with Crippen LogP contribution in [0.15, 0.2) is 73.1 Å². The molecule has 4 aromatic rings. The molecule has 2 heterocycles. The van der Waals surface area contributed by atoms with E-state index in [4.69, 9.17) is 21.3 Å². The topological polar surface area (TPSA) is 52.0 Å². The molecule has 4 rings (SSSR count). The highest BCUT2D eigenvalue weighted by molar-refractivity contribution is 6.32. The summed E-state index contributed by atoms with van der Waals surface area (Å²) >= 11 is 6.18. The lowest BCUT2D eigenvalue weighted by Gasteiger charge is -2.13. The first kappa shape index (κ1) is 16.4. The highest BCUT2D eigenvalue weighted by Crippen LogP contribution is 2.25. The number of hydrogen-bond acceptors (Lipinski definition) is 4. The van der Waals surface area contributed by atoms with Crippen molar-refractivity contribution in [2.75, 3.05) is 5.32 Å². The van der Waals surface area contributed by atoms with Gasteiger partial charge in [-0.05, 0) is 36.4 Å². The van der Waals surface area contributed by atoms with Gasteiger partial charge in [0.25, 0.3) is 0 Å². The number of nitrogens with zero attached hydrogens (tertiary/aromatic N) is 3. The molecular weight excluding hydrogens is 348 g/mol. The van der Waals surface area contributed by atoms with Gasteiger partial charge in [-0.25, -0.2) is 4.98 Å². The molecule has 2 aromatic carbocycles. The number of para-hydroxylation sites is 3. The summed E-state index contributed by atoms with van der Waals surface area (Å²) in [6, 6.07) is 19.3. The van der Waals surface area contributed by atoms with Crippen LogP contribution in [0.25, 0.3) is 11.0 Å². The smallest absolute Gasteiger partial charge is 0.149 e. The summed E-state index contributed by atoms with van der Waals surface area (Å²) < 4.78 is 8.00. The van der Waals surface area contributed by atoms with Crippen molar-refractivity contribution in [3.05, 3.63) is 83.9 Å². The van der Waals surface area contributed by atoms with Crippen LogP contribution in [0.4, 0.5) is 5.69 Å². The van der Waals surface area contributed by atoms with Gasteiger partial charge in [0.1, 0.15) is 18.2 Å². The normalized spacial score (nSPS) is 10.8. The molecule has 5 nitrogen and oxygen atoms in total. The van der Waals surface area contributed by atoms with E-state index in [0.29, 0.717) is 24.0 Å². The van der Waals surface area contributed by atoms with Crippen LogP contribution in [0.5, 0.6) is 5.75 Å². The van der Waals surface area contributed by atoms with Crippen molar-refractivity contribution >= 4 is 28.3 Å². The number of hydrogen-bond donors (Lipinski definition) is 1. The molecule has 0 radical (unpaired) electrons. The number of aromatic nitrogens is 3. The van der Waals surface area contributed by atoms with E-state index in [1.165, 1.54) is 0 Å². The van der Waals surface area contributed by atoms with E-state index in [-0.39, 0.29) is 0 Å². The van der Waals surface area contributed by atoms with Gasteiger partial charge in [-0.3, -0.25) is 4.98 Å². The molecule has 0 fully saturated rings. The molecular formula is C20H17ClN4O. The van der Waals surface area contributed by atoms with E-state index in [2.05, 4.69) is 20.9 Å². The minimum Gasteiger partial charge on any atom is -0.484 e. The molecule has 1 N–H and O–H groups in total. The Hall–Kier alpha value is -3.05. The van der Waals surface area contributed by atoms with Crippen molar-refractivity contribution in [3.63, 3.8) is 0 Å². The number of pyridine rings is 1. The fraction of sp³-hybridized carbons (Fsp3) is 0.100. The number of ether oxygens (including phenoxy) is 1. The molecule has 0 atom stereocenters. The van der Waals surface area contributed by atoms with Crippen LogP contribution in [-0.2, 0) is 13.3 Å². The van der Waals surface area contributed by atoms with Gasteiger partial charge in [0, 0.05) is 18.1 Å². The predicted molar refractivity (Wildman–Crippen MR) is 103 cm³/mol. The Kier molecular flexibility index (Phi) is 4.71.